The lowest BCUT2D eigenvalue weighted by molar-refractivity contribution is 0.115. The molecule has 1 atom stereocenters. The molecule has 1 aromatic heterocycles. The molecule has 1 amide bonds. The van der Waals surface area contributed by atoms with E-state index in [0.717, 1.165) is 32.6 Å². The standard InChI is InChI=1S/C11H19N5O2/c1-2-18-11(17)15-5-3-10(7-15)13-4-6-16-9-12-8-14-16/h8-10,13H,2-7H2,1H3. The van der Waals surface area contributed by atoms with Gasteiger partial charge < -0.3 is 15.0 Å². The third-order valence-corrected chi connectivity index (χ3v) is 2.95. The van der Waals surface area contributed by atoms with E-state index < -0.39 is 0 Å². The van der Waals surface area contributed by atoms with E-state index >= 15 is 0 Å². The van der Waals surface area contributed by atoms with E-state index in [9.17, 15) is 4.79 Å². The van der Waals surface area contributed by atoms with E-state index in [1.54, 1.807) is 15.9 Å². The van der Waals surface area contributed by atoms with Gasteiger partial charge in [0.05, 0.1) is 13.2 Å². The van der Waals surface area contributed by atoms with Crippen molar-refractivity contribution in [1.82, 2.24) is 25.0 Å². The molecule has 100 valence electrons. The maximum absolute atomic E-state index is 11.5. The van der Waals surface area contributed by atoms with Gasteiger partial charge in [0.1, 0.15) is 12.7 Å². The predicted molar refractivity (Wildman–Crippen MR) is 65.0 cm³/mol. The van der Waals surface area contributed by atoms with Crippen molar-refractivity contribution in [2.75, 3.05) is 26.2 Å². The van der Waals surface area contributed by atoms with Crippen LogP contribution in [0.4, 0.5) is 4.79 Å². The van der Waals surface area contributed by atoms with Gasteiger partial charge >= 0.3 is 6.09 Å². The molecular formula is C11H19N5O2. The molecule has 1 fully saturated rings. The number of hydrogen-bond donors (Lipinski definition) is 1. The van der Waals surface area contributed by atoms with Gasteiger partial charge in [0.15, 0.2) is 0 Å². The van der Waals surface area contributed by atoms with Crippen molar-refractivity contribution in [1.29, 1.82) is 0 Å². The summed E-state index contributed by atoms with van der Waals surface area (Å²) in [4.78, 5) is 17.1. The van der Waals surface area contributed by atoms with Gasteiger partial charge in [-0.25, -0.2) is 9.78 Å². The van der Waals surface area contributed by atoms with Crippen molar-refractivity contribution in [3.05, 3.63) is 12.7 Å². The van der Waals surface area contributed by atoms with Gasteiger partial charge in [0.25, 0.3) is 0 Å². The average Bonchev–Trinajstić information content (AvgIpc) is 3.00. The maximum atomic E-state index is 11.5. The molecule has 1 aliphatic heterocycles. The molecule has 1 N–H and O–H groups in total. The number of aromatic nitrogens is 3. The average molecular weight is 253 g/mol. The number of likely N-dealkylation sites (tertiary alicyclic amines) is 1. The highest BCUT2D eigenvalue weighted by Gasteiger charge is 2.26. The Hall–Kier alpha value is -1.63. The molecule has 2 rings (SSSR count). The van der Waals surface area contributed by atoms with Gasteiger partial charge in [0, 0.05) is 25.7 Å². The van der Waals surface area contributed by atoms with Crippen LogP contribution in [-0.4, -0.2) is 58.0 Å². The zero-order valence-corrected chi connectivity index (χ0v) is 10.6. The molecule has 1 unspecified atom stereocenters. The molecule has 7 heteroatoms. The van der Waals surface area contributed by atoms with Gasteiger partial charge in [0.2, 0.25) is 0 Å². The summed E-state index contributed by atoms with van der Waals surface area (Å²) in [6, 6.07) is 0.345. The van der Waals surface area contributed by atoms with Crippen LogP contribution < -0.4 is 5.32 Å². The van der Waals surface area contributed by atoms with Crippen molar-refractivity contribution < 1.29 is 9.53 Å². The monoisotopic (exact) mass is 253 g/mol. The quantitative estimate of drug-likeness (QED) is 0.805. The molecule has 0 saturated carbocycles. The minimum Gasteiger partial charge on any atom is -0.450 e. The van der Waals surface area contributed by atoms with E-state index in [-0.39, 0.29) is 6.09 Å². The van der Waals surface area contributed by atoms with Crippen LogP contribution in [0.2, 0.25) is 0 Å². The highest BCUT2D eigenvalue weighted by molar-refractivity contribution is 5.68. The van der Waals surface area contributed by atoms with Crippen molar-refractivity contribution in [3.8, 4) is 0 Å². The molecule has 0 radical (unpaired) electrons. The molecule has 1 aliphatic rings. The van der Waals surface area contributed by atoms with Crippen molar-refractivity contribution in [2.45, 2.75) is 25.9 Å². The Morgan fingerprint density at radius 2 is 2.50 bits per heavy atom. The van der Waals surface area contributed by atoms with Gasteiger partial charge in [-0.3, -0.25) is 4.68 Å². The van der Waals surface area contributed by atoms with E-state index in [1.165, 1.54) is 6.33 Å². The fourth-order valence-electron chi connectivity index (χ4n) is 2.04. The number of carbonyl (C=O) groups is 1. The number of nitrogens with zero attached hydrogens (tertiary/aromatic N) is 4. The summed E-state index contributed by atoms with van der Waals surface area (Å²) in [5, 5.41) is 7.44. The van der Waals surface area contributed by atoms with Crippen LogP contribution in [0, 0.1) is 0 Å². The topological polar surface area (TPSA) is 72.3 Å². The van der Waals surface area contributed by atoms with Gasteiger partial charge in [-0.2, -0.15) is 5.10 Å². The largest absolute Gasteiger partial charge is 0.450 e. The smallest absolute Gasteiger partial charge is 0.409 e. The number of rotatable bonds is 5. The Morgan fingerprint density at radius 3 is 3.22 bits per heavy atom. The fraction of sp³-hybridized carbons (Fsp3) is 0.727. The summed E-state index contributed by atoms with van der Waals surface area (Å²) < 4.78 is 6.76. The molecule has 2 heterocycles. The number of nitrogens with one attached hydrogen (secondary N) is 1. The molecule has 0 bridgehead atoms. The minimum absolute atomic E-state index is 0.210. The number of hydrogen-bond acceptors (Lipinski definition) is 5. The fourth-order valence-corrected chi connectivity index (χ4v) is 2.04. The van der Waals surface area contributed by atoms with Crippen LogP contribution in [0.25, 0.3) is 0 Å². The number of ether oxygens (including phenoxy) is 1. The number of carbonyl (C=O) groups excluding carboxylic acids is 1. The number of amides is 1. The van der Waals surface area contributed by atoms with Gasteiger partial charge in [-0.05, 0) is 13.3 Å². The lowest BCUT2D eigenvalue weighted by Gasteiger charge is -2.16. The third kappa shape index (κ3) is 3.43. The van der Waals surface area contributed by atoms with Gasteiger partial charge in [-0.15, -0.1) is 0 Å². The van der Waals surface area contributed by atoms with Crippen LogP contribution in [0.15, 0.2) is 12.7 Å². The van der Waals surface area contributed by atoms with Crippen LogP contribution in [0.1, 0.15) is 13.3 Å². The first-order valence-electron chi connectivity index (χ1n) is 6.27. The Balaban J connectivity index is 1.65. The molecule has 0 aromatic carbocycles. The van der Waals surface area contributed by atoms with E-state index in [4.69, 9.17) is 4.74 Å². The van der Waals surface area contributed by atoms with Crippen LogP contribution >= 0.6 is 0 Å². The third-order valence-electron chi connectivity index (χ3n) is 2.95. The zero-order chi connectivity index (χ0) is 12.8. The molecule has 18 heavy (non-hydrogen) atoms. The van der Waals surface area contributed by atoms with Crippen LogP contribution in [0.5, 0.6) is 0 Å². The molecule has 1 aromatic rings. The van der Waals surface area contributed by atoms with Crippen molar-refractivity contribution >= 4 is 6.09 Å². The second-order valence-corrected chi connectivity index (χ2v) is 4.24. The summed E-state index contributed by atoms with van der Waals surface area (Å²) in [6.07, 6.45) is 3.98. The highest BCUT2D eigenvalue weighted by Crippen LogP contribution is 2.10. The summed E-state index contributed by atoms with van der Waals surface area (Å²) in [6.45, 7) is 5.35. The Bertz CT molecular complexity index is 368. The Labute approximate surface area is 106 Å². The first kappa shape index (κ1) is 12.8. The first-order valence-corrected chi connectivity index (χ1v) is 6.27. The second kappa shape index (κ2) is 6.34. The van der Waals surface area contributed by atoms with E-state index in [0.29, 0.717) is 12.6 Å². The molecule has 1 saturated heterocycles. The van der Waals surface area contributed by atoms with E-state index in [2.05, 4.69) is 15.4 Å². The highest BCUT2D eigenvalue weighted by atomic mass is 16.6. The van der Waals surface area contributed by atoms with E-state index in [1.807, 2.05) is 6.92 Å². The minimum atomic E-state index is -0.210. The second-order valence-electron chi connectivity index (χ2n) is 4.24. The summed E-state index contributed by atoms with van der Waals surface area (Å²) in [5.41, 5.74) is 0. The zero-order valence-electron chi connectivity index (χ0n) is 10.6. The first-order chi connectivity index (χ1) is 8.79. The van der Waals surface area contributed by atoms with Gasteiger partial charge in [-0.1, -0.05) is 0 Å². The Morgan fingerprint density at radius 1 is 1.61 bits per heavy atom. The lowest BCUT2D eigenvalue weighted by atomic mass is 10.2. The van der Waals surface area contributed by atoms with Crippen molar-refractivity contribution in [2.24, 2.45) is 0 Å². The van der Waals surface area contributed by atoms with Crippen LogP contribution in [0.3, 0.4) is 0 Å². The van der Waals surface area contributed by atoms with Crippen LogP contribution in [-0.2, 0) is 11.3 Å². The Kier molecular flexibility index (Phi) is 4.52. The maximum Gasteiger partial charge on any atom is 0.409 e. The predicted octanol–water partition coefficient (Wildman–Crippen LogP) is 0.0985. The summed E-state index contributed by atoms with van der Waals surface area (Å²) in [5.74, 6) is 0. The molecular weight excluding hydrogens is 234 g/mol. The normalized spacial score (nSPS) is 19.2. The molecule has 7 nitrogen and oxygen atoms in total. The molecule has 0 aliphatic carbocycles. The summed E-state index contributed by atoms with van der Waals surface area (Å²) >= 11 is 0. The SMILES string of the molecule is CCOC(=O)N1CCC(NCCn2cncn2)C1. The van der Waals surface area contributed by atoms with Crippen molar-refractivity contribution in [3.63, 3.8) is 0 Å². The lowest BCUT2D eigenvalue weighted by Crippen LogP contribution is -2.36. The summed E-state index contributed by atoms with van der Waals surface area (Å²) in [7, 11) is 0. The molecule has 0 spiro atoms.